The Labute approximate surface area is 136 Å². The van der Waals surface area contributed by atoms with Gasteiger partial charge in [-0.15, -0.1) is 5.10 Å². The number of ether oxygens (including phenoxy) is 2. The summed E-state index contributed by atoms with van der Waals surface area (Å²) in [4.78, 5) is 11.9. The summed E-state index contributed by atoms with van der Waals surface area (Å²) in [6.07, 6.45) is 2.59. The maximum atomic E-state index is 11.9. The number of rotatable bonds is 9. The van der Waals surface area contributed by atoms with Crippen LogP contribution >= 0.6 is 0 Å². The Balaban J connectivity index is 1.71. The van der Waals surface area contributed by atoms with Crippen molar-refractivity contribution < 1.29 is 14.3 Å². The van der Waals surface area contributed by atoms with E-state index in [1.54, 1.807) is 10.9 Å². The van der Waals surface area contributed by atoms with Gasteiger partial charge >= 0.3 is 5.97 Å². The molecule has 0 aliphatic rings. The molecule has 0 bridgehead atoms. The Hall–Kier alpha value is -2.21. The maximum Gasteiger partial charge on any atom is 0.360 e. The summed E-state index contributed by atoms with van der Waals surface area (Å²) in [6, 6.07) is 9.86. The monoisotopic (exact) mass is 317 g/mol. The Kier molecular flexibility index (Phi) is 6.75. The van der Waals surface area contributed by atoms with Gasteiger partial charge in [-0.05, 0) is 17.9 Å². The van der Waals surface area contributed by atoms with Crippen LogP contribution in [-0.2, 0) is 16.0 Å². The fourth-order valence-electron chi connectivity index (χ4n) is 1.93. The third kappa shape index (κ3) is 6.20. The third-order valence-corrected chi connectivity index (χ3v) is 3.24. The van der Waals surface area contributed by atoms with Gasteiger partial charge in [0.15, 0.2) is 5.69 Å². The van der Waals surface area contributed by atoms with Crippen LogP contribution in [0.3, 0.4) is 0 Å². The van der Waals surface area contributed by atoms with Gasteiger partial charge in [0.2, 0.25) is 0 Å². The molecule has 0 atom stereocenters. The van der Waals surface area contributed by atoms with Crippen LogP contribution in [0.5, 0.6) is 0 Å². The van der Waals surface area contributed by atoms with Crippen molar-refractivity contribution in [2.45, 2.75) is 26.8 Å². The first-order chi connectivity index (χ1) is 11.1. The van der Waals surface area contributed by atoms with E-state index in [-0.39, 0.29) is 12.3 Å². The second-order valence-electron chi connectivity index (χ2n) is 5.72. The van der Waals surface area contributed by atoms with Crippen LogP contribution in [-0.4, -0.2) is 40.8 Å². The lowest BCUT2D eigenvalue weighted by Gasteiger charge is -2.06. The molecular formula is C17H23N3O3. The predicted octanol–water partition coefficient (Wildman–Crippen LogP) is 2.55. The Morgan fingerprint density at radius 1 is 1.17 bits per heavy atom. The van der Waals surface area contributed by atoms with E-state index in [1.807, 2.05) is 30.3 Å². The molecule has 0 radical (unpaired) electrons. The summed E-state index contributed by atoms with van der Waals surface area (Å²) in [6.45, 7) is 6.16. The highest BCUT2D eigenvalue weighted by Crippen LogP contribution is 2.03. The highest BCUT2D eigenvalue weighted by Gasteiger charge is 2.12. The minimum absolute atomic E-state index is 0.211. The molecule has 0 unspecified atom stereocenters. The normalized spacial score (nSPS) is 10.9. The molecule has 2 rings (SSSR count). The van der Waals surface area contributed by atoms with E-state index in [4.69, 9.17) is 9.47 Å². The molecule has 6 nitrogen and oxygen atoms in total. The topological polar surface area (TPSA) is 66.2 Å². The number of aromatic nitrogens is 3. The van der Waals surface area contributed by atoms with Crippen LogP contribution < -0.4 is 0 Å². The highest BCUT2D eigenvalue weighted by atomic mass is 16.6. The molecule has 6 heteroatoms. The number of esters is 1. The van der Waals surface area contributed by atoms with Crippen LogP contribution in [0.25, 0.3) is 0 Å². The van der Waals surface area contributed by atoms with Gasteiger partial charge in [0.1, 0.15) is 6.61 Å². The van der Waals surface area contributed by atoms with Crippen LogP contribution in [0.1, 0.15) is 36.3 Å². The van der Waals surface area contributed by atoms with Gasteiger partial charge in [-0.2, -0.15) is 0 Å². The first-order valence-electron chi connectivity index (χ1n) is 7.84. The molecule has 1 aromatic heterocycles. The predicted molar refractivity (Wildman–Crippen MR) is 86.1 cm³/mol. The third-order valence-electron chi connectivity index (χ3n) is 3.24. The summed E-state index contributed by atoms with van der Waals surface area (Å²) in [7, 11) is 0. The zero-order valence-electron chi connectivity index (χ0n) is 13.6. The molecule has 0 amide bonds. The van der Waals surface area contributed by atoms with Gasteiger partial charge < -0.3 is 9.47 Å². The fourth-order valence-corrected chi connectivity index (χ4v) is 1.93. The Morgan fingerprint density at radius 3 is 2.70 bits per heavy atom. The van der Waals surface area contributed by atoms with E-state index < -0.39 is 5.97 Å². The second kappa shape index (κ2) is 9.05. The zero-order valence-corrected chi connectivity index (χ0v) is 13.6. The van der Waals surface area contributed by atoms with Crippen molar-refractivity contribution in [3.05, 3.63) is 47.8 Å². The van der Waals surface area contributed by atoms with Gasteiger partial charge in [0.05, 0.1) is 19.3 Å². The number of carbonyl (C=O) groups excluding carboxylic acids is 1. The minimum atomic E-state index is -0.475. The van der Waals surface area contributed by atoms with Crippen molar-refractivity contribution >= 4 is 5.97 Å². The maximum absolute atomic E-state index is 11.9. The summed E-state index contributed by atoms with van der Waals surface area (Å²) >= 11 is 0. The zero-order chi connectivity index (χ0) is 16.5. The van der Waals surface area contributed by atoms with Gasteiger partial charge in [-0.25, -0.2) is 9.48 Å². The molecule has 0 saturated heterocycles. The summed E-state index contributed by atoms with van der Waals surface area (Å²) in [5, 5.41) is 7.79. The highest BCUT2D eigenvalue weighted by molar-refractivity contribution is 5.86. The average Bonchev–Trinajstić information content (AvgIpc) is 3.00. The van der Waals surface area contributed by atoms with Crippen LogP contribution in [0.2, 0.25) is 0 Å². The lowest BCUT2D eigenvalue weighted by molar-refractivity contribution is 0.0297. The average molecular weight is 317 g/mol. The molecule has 2 aromatic rings. The number of nitrogens with zero attached hydrogens (tertiary/aromatic N) is 3. The Morgan fingerprint density at radius 2 is 1.96 bits per heavy atom. The molecule has 0 N–H and O–H groups in total. The molecule has 1 aromatic carbocycles. The van der Waals surface area contributed by atoms with E-state index in [9.17, 15) is 4.79 Å². The van der Waals surface area contributed by atoms with Crippen molar-refractivity contribution in [3.63, 3.8) is 0 Å². The first kappa shape index (κ1) is 17.1. The van der Waals surface area contributed by atoms with Crippen molar-refractivity contribution in [2.24, 2.45) is 5.92 Å². The Bertz CT molecular complexity index is 596. The largest absolute Gasteiger partial charge is 0.458 e. The van der Waals surface area contributed by atoms with Crippen molar-refractivity contribution in [3.8, 4) is 0 Å². The standard InChI is InChI=1S/C17H23N3O3/c1-14(2)8-9-22-10-11-23-17(21)16-13-20(19-18-16)12-15-6-4-3-5-7-15/h3-7,13-14H,8-12H2,1-2H3. The molecule has 23 heavy (non-hydrogen) atoms. The quantitative estimate of drug-likeness (QED) is 0.525. The van der Waals surface area contributed by atoms with Gasteiger partial charge in [0.25, 0.3) is 0 Å². The van der Waals surface area contributed by atoms with E-state index in [1.165, 1.54) is 0 Å². The summed E-state index contributed by atoms with van der Waals surface area (Å²) in [5.74, 6) is 0.133. The fraction of sp³-hybridized carbons (Fsp3) is 0.471. The molecule has 1 heterocycles. The number of hydrogen-bond acceptors (Lipinski definition) is 5. The van der Waals surface area contributed by atoms with Crippen molar-refractivity contribution in [1.29, 1.82) is 0 Å². The van der Waals surface area contributed by atoms with Crippen molar-refractivity contribution in [2.75, 3.05) is 19.8 Å². The van der Waals surface area contributed by atoms with Gasteiger partial charge in [-0.3, -0.25) is 0 Å². The summed E-state index contributed by atoms with van der Waals surface area (Å²) < 4.78 is 12.1. The first-order valence-corrected chi connectivity index (χ1v) is 7.84. The lowest BCUT2D eigenvalue weighted by Crippen LogP contribution is -2.12. The number of carbonyl (C=O) groups is 1. The molecule has 0 aliphatic heterocycles. The molecule has 0 aliphatic carbocycles. The number of hydrogen-bond donors (Lipinski definition) is 0. The smallest absolute Gasteiger partial charge is 0.360 e. The molecular weight excluding hydrogens is 294 g/mol. The van der Waals surface area contributed by atoms with Gasteiger partial charge in [-0.1, -0.05) is 49.4 Å². The summed E-state index contributed by atoms with van der Waals surface area (Å²) in [5.41, 5.74) is 1.30. The van der Waals surface area contributed by atoms with Crippen LogP contribution in [0.4, 0.5) is 0 Å². The number of benzene rings is 1. The van der Waals surface area contributed by atoms with E-state index in [0.29, 0.717) is 25.7 Å². The van der Waals surface area contributed by atoms with Gasteiger partial charge in [0, 0.05) is 6.61 Å². The van der Waals surface area contributed by atoms with Crippen LogP contribution in [0, 0.1) is 5.92 Å². The molecule has 0 spiro atoms. The van der Waals surface area contributed by atoms with E-state index in [2.05, 4.69) is 24.2 Å². The van der Waals surface area contributed by atoms with E-state index >= 15 is 0 Å². The minimum Gasteiger partial charge on any atom is -0.458 e. The molecule has 0 saturated carbocycles. The molecule has 124 valence electrons. The second-order valence-corrected chi connectivity index (χ2v) is 5.72. The van der Waals surface area contributed by atoms with Crippen LogP contribution in [0.15, 0.2) is 36.5 Å². The SMILES string of the molecule is CC(C)CCOCCOC(=O)c1cn(Cc2ccccc2)nn1. The van der Waals surface area contributed by atoms with Crippen molar-refractivity contribution in [1.82, 2.24) is 15.0 Å². The van der Waals surface area contributed by atoms with E-state index in [0.717, 1.165) is 12.0 Å². The molecule has 0 fully saturated rings. The lowest BCUT2D eigenvalue weighted by atomic mass is 10.1.